The number of nitrogens with zero attached hydrogens (tertiary/aromatic N) is 3. The summed E-state index contributed by atoms with van der Waals surface area (Å²) < 4.78 is 34.5. The summed E-state index contributed by atoms with van der Waals surface area (Å²) in [7, 11) is 1.68. The van der Waals surface area contributed by atoms with Gasteiger partial charge in [0.25, 0.3) is 0 Å². The highest BCUT2D eigenvalue weighted by Crippen LogP contribution is 2.24. The van der Waals surface area contributed by atoms with Crippen LogP contribution in [-0.2, 0) is 20.2 Å². The largest absolute Gasteiger partial charge is 0.479 e. The van der Waals surface area contributed by atoms with Crippen molar-refractivity contribution in [2.75, 3.05) is 0 Å². The highest BCUT2D eigenvalue weighted by atomic mass is 19.1. The molecule has 0 spiro atoms. The number of hydrogen-bond donors (Lipinski definition) is 1. The Hall–Kier alpha value is -2.02. The lowest BCUT2D eigenvalue weighted by atomic mass is 10.2. The van der Waals surface area contributed by atoms with Gasteiger partial charge < -0.3 is 10.1 Å². The zero-order valence-corrected chi connectivity index (χ0v) is 12.2. The molecular weight excluding hydrogens is 278 g/mol. The van der Waals surface area contributed by atoms with Crippen LogP contribution in [0, 0.1) is 11.6 Å². The molecule has 1 heterocycles. The average molecular weight is 296 g/mol. The van der Waals surface area contributed by atoms with E-state index in [2.05, 4.69) is 15.4 Å². The van der Waals surface area contributed by atoms with Gasteiger partial charge in [-0.15, -0.1) is 0 Å². The molecule has 1 aromatic heterocycles. The lowest BCUT2D eigenvalue weighted by molar-refractivity contribution is 0.261. The lowest BCUT2D eigenvalue weighted by Gasteiger charge is -2.11. The molecule has 0 radical (unpaired) electrons. The number of halogens is 2. The van der Waals surface area contributed by atoms with Gasteiger partial charge in [0, 0.05) is 19.6 Å². The van der Waals surface area contributed by atoms with E-state index in [9.17, 15) is 8.78 Å². The van der Waals surface area contributed by atoms with Crippen LogP contribution in [0.5, 0.6) is 5.75 Å². The van der Waals surface area contributed by atoms with Crippen LogP contribution in [0.3, 0.4) is 0 Å². The van der Waals surface area contributed by atoms with E-state index >= 15 is 0 Å². The number of rotatable bonds is 6. The van der Waals surface area contributed by atoms with E-state index in [4.69, 9.17) is 4.74 Å². The number of aryl methyl sites for hydroxylation is 1. The number of nitrogens with one attached hydrogen (secondary N) is 1. The summed E-state index contributed by atoms with van der Waals surface area (Å²) >= 11 is 0. The molecule has 0 amide bonds. The molecule has 0 saturated carbocycles. The fourth-order valence-electron chi connectivity index (χ4n) is 1.76. The predicted octanol–water partition coefficient (Wildman–Crippen LogP) is 2.17. The van der Waals surface area contributed by atoms with E-state index in [-0.39, 0.29) is 12.6 Å². The van der Waals surface area contributed by atoms with Crippen molar-refractivity contribution in [2.24, 2.45) is 7.05 Å². The third-order valence-corrected chi connectivity index (χ3v) is 2.92. The standard InChI is InChI=1S/C14H18F2N4O/c1-9(2)17-6-10-4-11(15)14(12(16)5-10)21-7-13-18-8-19-20(13)3/h4-5,8-9,17H,6-7H2,1-3H3. The third-order valence-electron chi connectivity index (χ3n) is 2.92. The fraction of sp³-hybridized carbons (Fsp3) is 0.429. The van der Waals surface area contributed by atoms with Gasteiger partial charge in [0.1, 0.15) is 12.9 Å². The summed E-state index contributed by atoms with van der Waals surface area (Å²) in [5.41, 5.74) is 0.532. The summed E-state index contributed by atoms with van der Waals surface area (Å²) in [5.74, 6) is -1.36. The maximum atomic E-state index is 13.9. The molecule has 2 rings (SSSR count). The monoisotopic (exact) mass is 296 g/mol. The van der Waals surface area contributed by atoms with Gasteiger partial charge in [0.15, 0.2) is 23.2 Å². The quantitative estimate of drug-likeness (QED) is 0.887. The Morgan fingerprint density at radius 2 is 1.95 bits per heavy atom. The highest BCUT2D eigenvalue weighted by Gasteiger charge is 2.14. The first-order chi connectivity index (χ1) is 9.97. The maximum absolute atomic E-state index is 13.9. The SMILES string of the molecule is CC(C)NCc1cc(F)c(OCc2ncnn2C)c(F)c1. The molecular formula is C14H18F2N4O. The minimum Gasteiger partial charge on any atom is -0.479 e. The summed E-state index contributed by atoms with van der Waals surface area (Å²) in [6, 6.07) is 2.78. The molecule has 0 atom stereocenters. The Labute approximate surface area is 121 Å². The molecule has 0 aliphatic rings. The minimum atomic E-state index is -0.724. The Balaban J connectivity index is 2.08. The van der Waals surface area contributed by atoms with E-state index in [0.717, 1.165) is 0 Å². The topological polar surface area (TPSA) is 52.0 Å². The number of ether oxygens (including phenoxy) is 1. The van der Waals surface area contributed by atoms with Crippen LogP contribution in [0.15, 0.2) is 18.5 Å². The molecule has 21 heavy (non-hydrogen) atoms. The normalized spacial score (nSPS) is 11.1. The second kappa shape index (κ2) is 6.62. The minimum absolute atomic E-state index is 0.0477. The van der Waals surface area contributed by atoms with Crippen molar-refractivity contribution in [2.45, 2.75) is 33.0 Å². The molecule has 0 aliphatic heterocycles. The van der Waals surface area contributed by atoms with Crippen LogP contribution in [0.1, 0.15) is 25.2 Å². The van der Waals surface area contributed by atoms with Gasteiger partial charge in [-0.3, -0.25) is 4.68 Å². The zero-order chi connectivity index (χ0) is 15.4. The smallest absolute Gasteiger partial charge is 0.191 e. The molecule has 2 aromatic rings. The molecule has 0 unspecified atom stereocenters. The predicted molar refractivity (Wildman–Crippen MR) is 73.7 cm³/mol. The van der Waals surface area contributed by atoms with Gasteiger partial charge in [-0.05, 0) is 17.7 Å². The maximum Gasteiger partial charge on any atom is 0.191 e. The van der Waals surface area contributed by atoms with Gasteiger partial charge in [-0.1, -0.05) is 13.8 Å². The van der Waals surface area contributed by atoms with Crippen LogP contribution < -0.4 is 10.1 Å². The molecule has 0 bridgehead atoms. The molecule has 1 aromatic carbocycles. The van der Waals surface area contributed by atoms with Crippen LogP contribution >= 0.6 is 0 Å². The number of aromatic nitrogens is 3. The molecule has 0 saturated heterocycles. The van der Waals surface area contributed by atoms with E-state index in [1.807, 2.05) is 13.8 Å². The van der Waals surface area contributed by atoms with Crippen molar-refractivity contribution in [3.8, 4) is 5.75 Å². The Bertz CT molecular complexity index is 590. The number of benzene rings is 1. The Morgan fingerprint density at radius 3 is 2.48 bits per heavy atom. The summed E-state index contributed by atoms with van der Waals surface area (Å²) in [4.78, 5) is 3.93. The van der Waals surface area contributed by atoms with Gasteiger partial charge in [0.2, 0.25) is 0 Å². The van der Waals surface area contributed by atoms with Crippen LogP contribution in [0.2, 0.25) is 0 Å². The van der Waals surface area contributed by atoms with E-state index in [1.54, 1.807) is 7.05 Å². The van der Waals surface area contributed by atoms with E-state index in [1.165, 1.54) is 23.1 Å². The molecule has 114 valence electrons. The van der Waals surface area contributed by atoms with Crippen molar-refractivity contribution < 1.29 is 13.5 Å². The summed E-state index contributed by atoms with van der Waals surface area (Å²) in [6.45, 7) is 4.28. The van der Waals surface area contributed by atoms with Crippen molar-refractivity contribution in [3.05, 3.63) is 41.5 Å². The van der Waals surface area contributed by atoms with E-state index < -0.39 is 17.4 Å². The van der Waals surface area contributed by atoms with Crippen LogP contribution in [0.4, 0.5) is 8.78 Å². The van der Waals surface area contributed by atoms with Crippen molar-refractivity contribution in [1.29, 1.82) is 0 Å². The average Bonchev–Trinajstić information content (AvgIpc) is 2.81. The summed E-state index contributed by atoms with van der Waals surface area (Å²) in [5, 5.41) is 6.96. The highest BCUT2D eigenvalue weighted by molar-refractivity contribution is 5.31. The lowest BCUT2D eigenvalue weighted by Crippen LogP contribution is -2.22. The second-order valence-electron chi connectivity index (χ2n) is 5.01. The molecule has 7 heteroatoms. The molecule has 0 aliphatic carbocycles. The Kier molecular flexibility index (Phi) is 4.85. The second-order valence-corrected chi connectivity index (χ2v) is 5.01. The van der Waals surface area contributed by atoms with Gasteiger partial charge >= 0.3 is 0 Å². The van der Waals surface area contributed by atoms with Gasteiger partial charge in [-0.25, -0.2) is 13.8 Å². The van der Waals surface area contributed by atoms with Crippen LogP contribution in [-0.4, -0.2) is 20.8 Å². The first-order valence-electron chi connectivity index (χ1n) is 6.64. The van der Waals surface area contributed by atoms with Crippen LogP contribution in [0.25, 0.3) is 0 Å². The Morgan fingerprint density at radius 1 is 1.29 bits per heavy atom. The first kappa shape index (κ1) is 15.4. The van der Waals surface area contributed by atoms with E-state index in [0.29, 0.717) is 17.9 Å². The fourth-order valence-corrected chi connectivity index (χ4v) is 1.76. The van der Waals surface area contributed by atoms with Gasteiger partial charge in [-0.2, -0.15) is 5.10 Å². The molecule has 5 nitrogen and oxygen atoms in total. The first-order valence-corrected chi connectivity index (χ1v) is 6.64. The third kappa shape index (κ3) is 3.98. The summed E-state index contributed by atoms with van der Waals surface area (Å²) in [6.07, 6.45) is 1.35. The van der Waals surface area contributed by atoms with Crippen molar-refractivity contribution >= 4 is 0 Å². The van der Waals surface area contributed by atoms with Crippen molar-refractivity contribution in [1.82, 2.24) is 20.1 Å². The number of hydrogen-bond acceptors (Lipinski definition) is 4. The zero-order valence-electron chi connectivity index (χ0n) is 12.2. The van der Waals surface area contributed by atoms with Gasteiger partial charge in [0.05, 0.1) is 0 Å². The molecule has 0 fully saturated rings. The molecule has 1 N–H and O–H groups in total. The van der Waals surface area contributed by atoms with Crippen molar-refractivity contribution in [3.63, 3.8) is 0 Å².